The van der Waals surface area contributed by atoms with Gasteiger partial charge in [0.05, 0.1) is 3.79 Å². The summed E-state index contributed by atoms with van der Waals surface area (Å²) in [4.78, 5) is 1.17. The maximum Gasteiger partial charge on any atom is 0.279 e. The standard InChI is InChI=1S/C12H20BrN3O2S2/c13-12-2-1-11(19-12)3-6-15-20(17,18)16-7-4-10(9-14)5-8-16/h1-2,10,15H,3-9,14H2. The van der Waals surface area contributed by atoms with Crippen LogP contribution >= 0.6 is 27.3 Å². The van der Waals surface area contributed by atoms with E-state index in [2.05, 4.69) is 20.7 Å². The van der Waals surface area contributed by atoms with E-state index in [4.69, 9.17) is 5.73 Å². The van der Waals surface area contributed by atoms with Crippen LogP contribution in [0.1, 0.15) is 17.7 Å². The van der Waals surface area contributed by atoms with Crippen LogP contribution in [0.25, 0.3) is 0 Å². The summed E-state index contributed by atoms with van der Waals surface area (Å²) in [5.74, 6) is 0.463. The summed E-state index contributed by atoms with van der Waals surface area (Å²) in [6.07, 6.45) is 2.43. The lowest BCUT2D eigenvalue weighted by Gasteiger charge is -2.30. The van der Waals surface area contributed by atoms with E-state index in [1.807, 2.05) is 12.1 Å². The Bertz CT molecular complexity index is 525. The average molecular weight is 382 g/mol. The van der Waals surface area contributed by atoms with Gasteiger partial charge in [-0.3, -0.25) is 0 Å². The fraction of sp³-hybridized carbons (Fsp3) is 0.667. The third kappa shape index (κ3) is 4.51. The molecule has 0 unspecified atom stereocenters. The molecule has 1 aromatic rings. The molecule has 0 bridgehead atoms. The average Bonchev–Trinajstić information content (AvgIpc) is 2.84. The minimum Gasteiger partial charge on any atom is -0.330 e. The zero-order chi connectivity index (χ0) is 14.6. The van der Waals surface area contributed by atoms with Gasteiger partial charge >= 0.3 is 0 Å². The number of thiophene rings is 1. The second kappa shape index (κ2) is 7.33. The van der Waals surface area contributed by atoms with Crippen molar-refractivity contribution in [2.75, 3.05) is 26.2 Å². The van der Waals surface area contributed by atoms with Gasteiger partial charge in [0.1, 0.15) is 0 Å². The van der Waals surface area contributed by atoms with Crippen LogP contribution in [0.4, 0.5) is 0 Å². The molecular formula is C12H20BrN3O2S2. The van der Waals surface area contributed by atoms with Crippen LogP contribution in [-0.2, 0) is 16.6 Å². The third-order valence-electron chi connectivity index (χ3n) is 3.53. The molecule has 0 atom stereocenters. The number of nitrogens with two attached hydrogens (primary N) is 1. The van der Waals surface area contributed by atoms with E-state index in [0.717, 1.165) is 23.0 Å². The summed E-state index contributed by atoms with van der Waals surface area (Å²) in [5, 5.41) is 0. The molecule has 114 valence electrons. The summed E-state index contributed by atoms with van der Waals surface area (Å²) in [5.41, 5.74) is 5.62. The first-order valence-electron chi connectivity index (χ1n) is 6.70. The van der Waals surface area contributed by atoms with Crippen molar-refractivity contribution in [2.45, 2.75) is 19.3 Å². The van der Waals surface area contributed by atoms with Gasteiger partial charge < -0.3 is 5.73 Å². The van der Waals surface area contributed by atoms with E-state index in [1.54, 1.807) is 11.3 Å². The first-order valence-corrected chi connectivity index (χ1v) is 9.75. The quantitative estimate of drug-likeness (QED) is 0.784. The van der Waals surface area contributed by atoms with E-state index in [-0.39, 0.29) is 0 Å². The lowest BCUT2D eigenvalue weighted by Crippen LogP contribution is -2.46. The van der Waals surface area contributed by atoms with Crippen molar-refractivity contribution >= 4 is 37.5 Å². The van der Waals surface area contributed by atoms with Crippen molar-refractivity contribution in [3.8, 4) is 0 Å². The smallest absolute Gasteiger partial charge is 0.279 e. The zero-order valence-corrected chi connectivity index (χ0v) is 14.4. The Kier molecular flexibility index (Phi) is 6.00. The van der Waals surface area contributed by atoms with E-state index < -0.39 is 10.2 Å². The summed E-state index contributed by atoms with van der Waals surface area (Å²) in [7, 11) is -3.34. The number of rotatable bonds is 6. The third-order valence-corrected chi connectivity index (χ3v) is 6.83. The number of halogens is 1. The Morgan fingerprint density at radius 1 is 1.40 bits per heavy atom. The van der Waals surface area contributed by atoms with Gasteiger partial charge in [-0.25, -0.2) is 4.72 Å². The molecule has 5 nitrogen and oxygen atoms in total. The molecule has 3 N–H and O–H groups in total. The van der Waals surface area contributed by atoms with Gasteiger partial charge in [0, 0.05) is 24.5 Å². The van der Waals surface area contributed by atoms with E-state index >= 15 is 0 Å². The number of nitrogens with one attached hydrogen (secondary N) is 1. The van der Waals surface area contributed by atoms with Crippen LogP contribution in [0.2, 0.25) is 0 Å². The Balaban J connectivity index is 1.79. The topological polar surface area (TPSA) is 75.4 Å². The van der Waals surface area contributed by atoms with Crippen LogP contribution in [0.3, 0.4) is 0 Å². The van der Waals surface area contributed by atoms with Crippen LogP contribution < -0.4 is 10.5 Å². The lowest BCUT2D eigenvalue weighted by atomic mass is 9.99. The largest absolute Gasteiger partial charge is 0.330 e. The van der Waals surface area contributed by atoms with E-state index in [1.165, 1.54) is 9.18 Å². The predicted octanol–water partition coefficient (Wildman–Crippen LogP) is 1.56. The second-order valence-electron chi connectivity index (χ2n) is 4.93. The highest BCUT2D eigenvalue weighted by Crippen LogP contribution is 2.22. The molecule has 1 saturated heterocycles. The first kappa shape index (κ1) is 16.4. The van der Waals surface area contributed by atoms with Gasteiger partial charge in [-0.15, -0.1) is 11.3 Å². The molecule has 20 heavy (non-hydrogen) atoms. The molecule has 1 aliphatic heterocycles. The summed E-state index contributed by atoms with van der Waals surface area (Å²) < 4.78 is 29.6. The molecule has 0 aromatic carbocycles. The summed E-state index contributed by atoms with van der Waals surface area (Å²) in [6, 6.07) is 3.99. The zero-order valence-electron chi connectivity index (χ0n) is 11.2. The van der Waals surface area contributed by atoms with Crippen LogP contribution in [0, 0.1) is 5.92 Å². The van der Waals surface area contributed by atoms with Gasteiger partial charge in [0.15, 0.2) is 0 Å². The monoisotopic (exact) mass is 381 g/mol. The van der Waals surface area contributed by atoms with Crippen LogP contribution in [0.15, 0.2) is 15.9 Å². The van der Waals surface area contributed by atoms with Crippen molar-refractivity contribution in [1.29, 1.82) is 0 Å². The van der Waals surface area contributed by atoms with Gasteiger partial charge in [-0.05, 0) is 59.8 Å². The predicted molar refractivity (Wildman–Crippen MR) is 86.0 cm³/mol. The molecule has 0 radical (unpaired) electrons. The van der Waals surface area contributed by atoms with Crippen molar-refractivity contribution in [1.82, 2.24) is 9.03 Å². The normalized spacial score (nSPS) is 18.5. The lowest BCUT2D eigenvalue weighted by molar-refractivity contribution is 0.276. The molecule has 0 spiro atoms. The van der Waals surface area contributed by atoms with Crippen molar-refractivity contribution in [2.24, 2.45) is 11.7 Å². The molecule has 1 aliphatic rings. The number of hydrogen-bond donors (Lipinski definition) is 2. The summed E-state index contributed by atoms with van der Waals surface area (Å²) >= 11 is 5.03. The van der Waals surface area contributed by atoms with Gasteiger partial charge in [0.2, 0.25) is 0 Å². The molecule has 2 heterocycles. The SMILES string of the molecule is NCC1CCN(S(=O)(=O)NCCc2ccc(Br)s2)CC1. The molecule has 0 saturated carbocycles. The van der Waals surface area contributed by atoms with Crippen LogP contribution in [0.5, 0.6) is 0 Å². The highest BCUT2D eigenvalue weighted by Gasteiger charge is 2.26. The Morgan fingerprint density at radius 2 is 2.10 bits per heavy atom. The highest BCUT2D eigenvalue weighted by atomic mass is 79.9. The summed E-state index contributed by atoms with van der Waals surface area (Å²) in [6.45, 7) is 2.23. The maximum atomic E-state index is 12.2. The van der Waals surface area contributed by atoms with Crippen molar-refractivity contribution in [3.05, 3.63) is 20.8 Å². The van der Waals surface area contributed by atoms with Gasteiger partial charge in [0.25, 0.3) is 10.2 Å². The number of hydrogen-bond acceptors (Lipinski definition) is 4. The minimum atomic E-state index is -3.34. The first-order chi connectivity index (χ1) is 9.51. The Morgan fingerprint density at radius 3 is 2.65 bits per heavy atom. The van der Waals surface area contributed by atoms with Crippen LogP contribution in [-0.4, -0.2) is 38.9 Å². The second-order valence-corrected chi connectivity index (χ2v) is 9.24. The van der Waals surface area contributed by atoms with Crippen molar-refractivity contribution < 1.29 is 8.42 Å². The van der Waals surface area contributed by atoms with Gasteiger partial charge in [-0.1, -0.05) is 0 Å². The molecular weight excluding hydrogens is 362 g/mol. The molecule has 0 amide bonds. The number of nitrogens with zero attached hydrogens (tertiary/aromatic N) is 1. The molecule has 1 aromatic heterocycles. The molecule has 1 fully saturated rings. The van der Waals surface area contributed by atoms with E-state index in [0.29, 0.717) is 32.1 Å². The van der Waals surface area contributed by atoms with E-state index in [9.17, 15) is 8.42 Å². The van der Waals surface area contributed by atoms with Gasteiger partial charge in [-0.2, -0.15) is 12.7 Å². The molecule has 0 aliphatic carbocycles. The Labute approximate surface area is 132 Å². The van der Waals surface area contributed by atoms with Crippen molar-refractivity contribution in [3.63, 3.8) is 0 Å². The molecule has 8 heteroatoms. The maximum absolute atomic E-state index is 12.2. The minimum absolute atomic E-state index is 0.437. The number of piperidine rings is 1. The Hall–Kier alpha value is 0.01000. The fourth-order valence-electron chi connectivity index (χ4n) is 2.27. The highest BCUT2D eigenvalue weighted by molar-refractivity contribution is 9.11. The molecule has 2 rings (SSSR count). The fourth-order valence-corrected chi connectivity index (χ4v) is 4.98.